The Morgan fingerprint density at radius 3 is 2.50 bits per heavy atom. The van der Waals surface area contributed by atoms with Gasteiger partial charge in [0.05, 0.1) is 11.5 Å². The Morgan fingerprint density at radius 1 is 1.06 bits per heavy atom. The number of hydrogen-bond donors (Lipinski definition) is 1. The van der Waals surface area contributed by atoms with E-state index in [9.17, 15) is 18.0 Å². The van der Waals surface area contributed by atoms with Crippen LogP contribution in [0.2, 0.25) is 0 Å². The number of rotatable bonds is 6. The maximum atomic E-state index is 13.2. The topological polar surface area (TPSA) is 32.3 Å². The Morgan fingerprint density at radius 2 is 1.81 bits per heavy atom. The number of alkyl halides is 3. The fraction of sp³-hybridized carbons (Fsp3) is 0.500. The van der Waals surface area contributed by atoms with Gasteiger partial charge < -0.3 is 5.32 Å². The van der Waals surface area contributed by atoms with Gasteiger partial charge in [-0.15, -0.1) is 0 Å². The second kappa shape index (κ2) is 9.26. The van der Waals surface area contributed by atoms with Gasteiger partial charge in [-0.3, -0.25) is 9.69 Å². The van der Waals surface area contributed by atoms with E-state index in [1.807, 2.05) is 30.3 Å². The van der Waals surface area contributed by atoms with E-state index in [1.54, 1.807) is 6.07 Å². The zero-order valence-electron chi connectivity index (χ0n) is 18.6. The van der Waals surface area contributed by atoms with E-state index < -0.39 is 11.7 Å². The molecule has 0 spiro atoms. The maximum Gasteiger partial charge on any atom is 0.416 e. The lowest BCUT2D eigenvalue weighted by Gasteiger charge is -2.26. The van der Waals surface area contributed by atoms with Crippen LogP contribution in [0.3, 0.4) is 0 Å². The van der Waals surface area contributed by atoms with Crippen molar-refractivity contribution in [1.82, 2.24) is 10.2 Å². The summed E-state index contributed by atoms with van der Waals surface area (Å²) in [4.78, 5) is 15.4. The summed E-state index contributed by atoms with van der Waals surface area (Å²) in [5.41, 5.74) is 1.12. The molecule has 1 saturated carbocycles. The lowest BCUT2D eigenvalue weighted by atomic mass is 9.87. The van der Waals surface area contributed by atoms with Crippen LogP contribution in [-0.2, 0) is 17.5 Å². The Hall–Kier alpha value is -2.34. The van der Waals surface area contributed by atoms with Crippen molar-refractivity contribution in [2.75, 3.05) is 13.1 Å². The Balaban J connectivity index is 1.39. The van der Waals surface area contributed by atoms with Gasteiger partial charge in [-0.25, -0.2) is 0 Å². The van der Waals surface area contributed by atoms with Crippen molar-refractivity contribution in [2.24, 2.45) is 17.8 Å². The number of hydrogen-bond acceptors (Lipinski definition) is 2. The largest absolute Gasteiger partial charge is 0.416 e. The summed E-state index contributed by atoms with van der Waals surface area (Å²) < 4.78 is 39.1. The third kappa shape index (κ3) is 5.01. The van der Waals surface area contributed by atoms with Crippen LogP contribution in [0.4, 0.5) is 13.2 Å². The molecule has 4 rings (SSSR count). The zero-order chi connectivity index (χ0) is 22.9. The van der Waals surface area contributed by atoms with Crippen LogP contribution in [-0.4, -0.2) is 29.9 Å². The number of carbonyl (C=O) groups is 1. The summed E-state index contributed by atoms with van der Waals surface area (Å²) in [6.45, 7) is 6.33. The van der Waals surface area contributed by atoms with Crippen LogP contribution in [0.5, 0.6) is 0 Å². The van der Waals surface area contributed by atoms with Gasteiger partial charge in [0.1, 0.15) is 0 Å². The Kier molecular flexibility index (Phi) is 6.61. The molecule has 1 unspecified atom stereocenters. The second-order valence-corrected chi connectivity index (χ2v) is 9.64. The number of likely N-dealkylation sites (tertiary alicyclic amines) is 1. The number of benzene rings is 2. The third-order valence-corrected chi connectivity index (χ3v) is 7.03. The molecule has 1 N–H and O–H groups in total. The fourth-order valence-electron chi connectivity index (χ4n) is 5.54. The summed E-state index contributed by atoms with van der Waals surface area (Å²) in [6, 6.07) is 15.6. The van der Waals surface area contributed by atoms with Gasteiger partial charge in [0, 0.05) is 25.7 Å². The number of nitrogens with zero attached hydrogens (tertiary/aromatic N) is 1. The van der Waals surface area contributed by atoms with E-state index >= 15 is 0 Å². The maximum absolute atomic E-state index is 13.2. The van der Waals surface area contributed by atoms with Crippen molar-refractivity contribution in [1.29, 1.82) is 0 Å². The smallest absolute Gasteiger partial charge is 0.352 e. The molecule has 1 aliphatic heterocycles. The third-order valence-electron chi connectivity index (χ3n) is 7.03. The van der Waals surface area contributed by atoms with Gasteiger partial charge in [0.25, 0.3) is 0 Å². The molecule has 2 aliphatic rings. The molecule has 2 aromatic carbocycles. The number of amides is 1. The molecule has 172 valence electrons. The Bertz CT molecular complexity index is 928. The van der Waals surface area contributed by atoms with Crippen molar-refractivity contribution < 1.29 is 18.0 Å². The van der Waals surface area contributed by atoms with Crippen molar-refractivity contribution in [3.8, 4) is 0 Å². The van der Waals surface area contributed by atoms with Crippen molar-refractivity contribution in [2.45, 2.75) is 51.4 Å². The van der Waals surface area contributed by atoms with E-state index in [-0.39, 0.29) is 23.8 Å². The standard InChI is InChI=1S/C26H31F3N2O/c1-17(2)24(19-8-4-3-5-9-19)25(32)30-23-12-11-20-15-31(16-22(20)23)14-18-7-6-10-21(13-18)26(27,28)29/h3-10,13,17,20,22-24H,11-12,14-16H2,1-2H3,(H,30,32)/t20-,22+,23+,24?/m1/s1. The van der Waals surface area contributed by atoms with Gasteiger partial charge in [-0.2, -0.15) is 13.2 Å². The highest BCUT2D eigenvalue weighted by molar-refractivity contribution is 5.84. The first kappa shape index (κ1) is 22.8. The highest BCUT2D eigenvalue weighted by Crippen LogP contribution is 2.39. The number of fused-ring (bicyclic) bond motifs is 1. The van der Waals surface area contributed by atoms with Crippen LogP contribution in [0.15, 0.2) is 54.6 Å². The van der Waals surface area contributed by atoms with E-state index in [0.29, 0.717) is 23.9 Å². The minimum Gasteiger partial charge on any atom is -0.352 e. The summed E-state index contributed by atoms with van der Waals surface area (Å²) in [5, 5.41) is 3.33. The molecule has 1 amide bonds. The van der Waals surface area contributed by atoms with Crippen LogP contribution in [0.1, 0.15) is 49.3 Å². The average molecular weight is 445 g/mol. The highest BCUT2D eigenvalue weighted by Gasteiger charge is 2.43. The fourth-order valence-corrected chi connectivity index (χ4v) is 5.54. The molecule has 2 fully saturated rings. The normalized spacial score (nSPS) is 24.5. The molecule has 1 aliphatic carbocycles. The van der Waals surface area contributed by atoms with Crippen LogP contribution >= 0.6 is 0 Å². The predicted octanol–water partition coefficient (Wildman–Crippen LogP) is 5.47. The molecular weight excluding hydrogens is 413 g/mol. The van der Waals surface area contributed by atoms with E-state index in [2.05, 4.69) is 24.1 Å². The van der Waals surface area contributed by atoms with Gasteiger partial charge >= 0.3 is 6.18 Å². The van der Waals surface area contributed by atoms with Gasteiger partial charge in [0.15, 0.2) is 0 Å². The lowest BCUT2D eigenvalue weighted by molar-refractivity contribution is -0.137. The molecule has 6 heteroatoms. The molecule has 32 heavy (non-hydrogen) atoms. The number of nitrogens with one attached hydrogen (secondary N) is 1. The molecular formula is C26H31F3N2O. The zero-order valence-corrected chi connectivity index (χ0v) is 18.6. The summed E-state index contributed by atoms with van der Waals surface area (Å²) in [7, 11) is 0. The lowest BCUT2D eigenvalue weighted by Crippen LogP contribution is -2.43. The molecule has 1 saturated heterocycles. The molecule has 0 radical (unpaired) electrons. The number of carbonyl (C=O) groups excluding carboxylic acids is 1. The molecule has 0 aromatic heterocycles. The summed E-state index contributed by atoms with van der Waals surface area (Å²) >= 11 is 0. The van der Waals surface area contributed by atoms with Gasteiger partial charge in [-0.1, -0.05) is 62.4 Å². The SMILES string of the molecule is CC(C)C(C(=O)N[C@H]1CC[C@@H]2CN(Cc3cccc(C(F)(F)F)c3)C[C@@H]21)c1ccccc1. The Labute approximate surface area is 188 Å². The average Bonchev–Trinajstić information content (AvgIpc) is 3.29. The molecule has 0 bridgehead atoms. The van der Waals surface area contributed by atoms with Gasteiger partial charge in [-0.05, 0) is 47.8 Å². The second-order valence-electron chi connectivity index (χ2n) is 9.64. The minimum absolute atomic E-state index is 0.0770. The van der Waals surface area contributed by atoms with Crippen LogP contribution in [0, 0.1) is 17.8 Å². The quantitative estimate of drug-likeness (QED) is 0.641. The molecule has 4 atom stereocenters. The van der Waals surface area contributed by atoms with E-state index in [1.165, 1.54) is 12.1 Å². The predicted molar refractivity (Wildman–Crippen MR) is 119 cm³/mol. The molecule has 2 aromatic rings. The van der Waals surface area contributed by atoms with Crippen molar-refractivity contribution in [3.63, 3.8) is 0 Å². The van der Waals surface area contributed by atoms with Crippen LogP contribution in [0.25, 0.3) is 0 Å². The summed E-state index contributed by atoms with van der Waals surface area (Å²) in [5.74, 6) is 0.926. The van der Waals surface area contributed by atoms with E-state index in [0.717, 1.165) is 37.6 Å². The van der Waals surface area contributed by atoms with E-state index in [4.69, 9.17) is 0 Å². The van der Waals surface area contributed by atoms with Crippen molar-refractivity contribution >= 4 is 5.91 Å². The first-order valence-corrected chi connectivity index (χ1v) is 11.5. The molecule has 1 heterocycles. The molecule has 3 nitrogen and oxygen atoms in total. The monoisotopic (exact) mass is 444 g/mol. The summed E-state index contributed by atoms with van der Waals surface area (Å²) in [6.07, 6.45) is -2.30. The number of halogens is 3. The van der Waals surface area contributed by atoms with Crippen LogP contribution < -0.4 is 5.32 Å². The highest BCUT2D eigenvalue weighted by atomic mass is 19.4. The first-order chi connectivity index (χ1) is 15.2. The first-order valence-electron chi connectivity index (χ1n) is 11.5. The van der Waals surface area contributed by atoms with Crippen molar-refractivity contribution in [3.05, 3.63) is 71.3 Å². The minimum atomic E-state index is -4.32. The van der Waals surface area contributed by atoms with Gasteiger partial charge in [0.2, 0.25) is 5.91 Å².